The monoisotopic (exact) mass is 534 g/mol. The molecule has 1 spiro atoms. The normalized spacial score (nSPS) is 14.2. The zero-order valence-electron chi connectivity index (χ0n) is 15.5. The lowest BCUT2D eigenvalue weighted by atomic mass is 9.70. The largest absolute Gasteiger partial charge is 0.276 e. The second-order valence-electron chi connectivity index (χ2n) is 7.71. The molecule has 0 saturated heterocycles. The van der Waals surface area contributed by atoms with Crippen molar-refractivity contribution in [2.45, 2.75) is 5.41 Å². The van der Waals surface area contributed by atoms with Crippen LogP contribution in [-0.4, -0.2) is 5.24 Å². The molecular weight excluding hydrogens is 524 g/mol. The quantitative estimate of drug-likeness (QED) is 0.195. The van der Waals surface area contributed by atoms with E-state index in [1.165, 1.54) is 33.4 Å². The minimum absolute atomic E-state index is 0.439. The molecule has 0 saturated carbocycles. The second-order valence-corrected chi connectivity index (χ2v) is 9.88. The summed E-state index contributed by atoms with van der Waals surface area (Å²) >= 11 is 13.3. The Hall–Kier alpha value is -2.20. The second kappa shape index (κ2) is 6.40. The van der Waals surface area contributed by atoms with Crippen LogP contribution in [0.4, 0.5) is 0 Å². The van der Waals surface area contributed by atoms with Gasteiger partial charge in [0.05, 0.1) is 5.41 Å². The number of benzene rings is 4. The molecule has 4 aromatic rings. The molecule has 4 heteroatoms. The van der Waals surface area contributed by atoms with Gasteiger partial charge in [-0.25, -0.2) is 0 Å². The highest BCUT2D eigenvalue weighted by molar-refractivity contribution is 9.10. The van der Waals surface area contributed by atoms with Crippen molar-refractivity contribution in [2.24, 2.45) is 0 Å². The summed E-state index contributed by atoms with van der Waals surface area (Å²) in [6.07, 6.45) is 0. The molecule has 0 amide bonds. The summed E-state index contributed by atoms with van der Waals surface area (Å²) in [5.74, 6) is 0. The number of halogens is 3. The Labute approximate surface area is 196 Å². The molecule has 0 aromatic heterocycles. The van der Waals surface area contributed by atoms with Gasteiger partial charge in [-0.3, -0.25) is 4.79 Å². The molecular formula is C26H13Br2ClO. The molecule has 30 heavy (non-hydrogen) atoms. The van der Waals surface area contributed by atoms with Crippen LogP contribution in [0.5, 0.6) is 0 Å². The molecule has 0 fully saturated rings. The van der Waals surface area contributed by atoms with Crippen LogP contribution in [0.3, 0.4) is 0 Å². The average Bonchev–Trinajstić information content (AvgIpc) is 3.19. The van der Waals surface area contributed by atoms with Gasteiger partial charge in [-0.1, -0.05) is 74.3 Å². The Balaban J connectivity index is 1.85. The third-order valence-corrected chi connectivity index (χ3v) is 7.54. The fraction of sp³-hybridized carbons (Fsp3) is 0.0385. The van der Waals surface area contributed by atoms with Crippen LogP contribution in [0, 0.1) is 0 Å². The van der Waals surface area contributed by atoms with E-state index >= 15 is 0 Å². The molecule has 0 aliphatic heterocycles. The summed E-state index contributed by atoms with van der Waals surface area (Å²) in [4.78, 5) is 12.1. The van der Waals surface area contributed by atoms with Crippen LogP contribution in [0.2, 0.25) is 0 Å². The van der Waals surface area contributed by atoms with Crippen LogP contribution in [0.1, 0.15) is 32.6 Å². The van der Waals surface area contributed by atoms with Crippen molar-refractivity contribution in [3.63, 3.8) is 0 Å². The van der Waals surface area contributed by atoms with Gasteiger partial charge in [-0.15, -0.1) is 0 Å². The van der Waals surface area contributed by atoms with E-state index in [1.54, 1.807) is 0 Å². The molecule has 1 nitrogen and oxygen atoms in total. The van der Waals surface area contributed by atoms with Crippen LogP contribution in [0.25, 0.3) is 22.3 Å². The Morgan fingerprint density at radius 1 is 0.633 bits per heavy atom. The molecule has 0 bridgehead atoms. The first-order valence-electron chi connectivity index (χ1n) is 9.56. The van der Waals surface area contributed by atoms with Gasteiger partial charge in [-0.2, -0.15) is 0 Å². The first-order chi connectivity index (χ1) is 14.5. The summed E-state index contributed by atoms with van der Waals surface area (Å²) in [5, 5.41) is -0.439. The maximum atomic E-state index is 12.1. The van der Waals surface area contributed by atoms with Gasteiger partial charge in [0.1, 0.15) is 0 Å². The first-order valence-corrected chi connectivity index (χ1v) is 11.5. The molecule has 0 radical (unpaired) electrons. The number of hydrogen-bond acceptors (Lipinski definition) is 1. The summed E-state index contributed by atoms with van der Waals surface area (Å²) in [7, 11) is 0. The zero-order valence-corrected chi connectivity index (χ0v) is 19.5. The number of hydrogen-bond donors (Lipinski definition) is 0. The average molecular weight is 537 g/mol. The smallest absolute Gasteiger partial charge is 0.252 e. The number of carbonyl (C=O) groups is 1. The number of fused-ring (bicyclic) bond motifs is 10. The lowest BCUT2D eigenvalue weighted by molar-refractivity contribution is 0.108. The lowest BCUT2D eigenvalue weighted by Gasteiger charge is -2.30. The van der Waals surface area contributed by atoms with Crippen LogP contribution >= 0.6 is 43.5 Å². The first kappa shape index (κ1) is 18.6. The van der Waals surface area contributed by atoms with E-state index < -0.39 is 10.7 Å². The van der Waals surface area contributed by atoms with Crippen molar-refractivity contribution in [1.82, 2.24) is 0 Å². The molecule has 6 rings (SSSR count). The summed E-state index contributed by atoms with van der Waals surface area (Å²) < 4.78 is 2.06. The van der Waals surface area contributed by atoms with E-state index in [2.05, 4.69) is 92.5 Å². The summed E-state index contributed by atoms with van der Waals surface area (Å²) in [6.45, 7) is 0. The highest BCUT2D eigenvalue weighted by atomic mass is 79.9. The van der Waals surface area contributed by atoms with E-state index in [-0.39, 0.29) is 0 Å². The third-order valence-electron chi connectivity index (χ3n) is 6.33. The number of carbonyl (C=O) groups excluding carboxylic acids is 1. The van der Waals surface area contributed by atoms with E-state index in [1.807, 2.05) is 18.2 Å². The maximum absolute atomic E-state index is 12.1. The fourth-order valence-corrected chi connectivity index (χ4v) is 6.09. The molecule has 0 heterocycles. The van der Waals surface area contributed by atoms with E-state index in [9.17, 15) is 4.79 Å². The summed E-state index contributed by atoms with van der Waals surface area (Å²) in [6, 6.07) is 27.3. The zero-order chi connectivity index (χ0) is 20.6. The third kappa shape index (κ3) is 2.26. The highest BCUT2D eigenvalue weighted by Crippen LogP contribution is 2.63. The minimum atomic E-state index is -0.494. The lowest BCUT2D eigenvalue weighted by Crippen LogP contribution is -2.26. The Morgan fingerprint density at radius 3 is 1.73 bits per heavy atom. The van der Waals surface area contributed by atoms with Crippen molar-refractivity contribution in [3.05, 3.63) is 116 Å². The molecule has 0 atom stereocenters. The van der Waals surface area contributed by atoms with Gasteiger partial charge < -0.3 is 0 Å². The van der Waals surface area contributed by atoms with Crippen LogP contribution in [0.15, 0.2) is 87.8 Å². The highest BCUT2D eigenvalue weighted by Gasteiger charge is 2.51. The van der Waals surface area contributed by atoms with Crippen molar-refractivity contribution in [2.75, 3.05) is 0 Å². The van der Waals surface area contributed by atoms with Gasteiger partial charge in [0, 0.05) is 14.5 Å². The topological polar surface area (TPSA) is 17.1 Å². The van der Waals surface area contributed by atoms with Gasteiger partial charge in [0.2, 0.25) is 0 Å². The molecule has 0 N–H and O–H groups in total. The molecule has 2 aliphatic rings. The number of rotatable bonds is 1. The standard InChI is InChI=1S/C26H13Br2ClO/c27-15-6-9-19-20-10-7-16(28)13-24(20)26(23(19)12-15)21-4-2-1-3-17(21)18-8-5-14(25(29)30)11-22(18)26/h1-13H. The van der Waals surface area contributed by atoms with Gasteiger partial charge in [0.25, 0.3) is 5.24 Å². The Morgan fingerprint density at radius 2 is 1.13 bits per heavy atom. The van der Waals surface area contributed by atoms with Crippen molar-refractivity contribution < 1.29 is 4.79 Å². The minimum Gasteiger partial charge on any atom is -0.276 e. The van der Waals surface area contributed by atoms with Crippen molar-refractivity contribution in [3.8, 4) is 22.3 Å². The maximum Gasteiger partial charge on any atom is 0.252 e. The summed E-state index contributed by atoms with van der Waals surface area (Å²) in [5.41, 5.74) is 9.56. The predicted molar refractivity (Wildman–Crippen MR) is 128 cm³/mol. The van der Waals surface area contributed by atoms with Crippen molar-refractivity contribution >= 4 is 48.7 Å². The van der Waals surface area contributed by atoms with Gasteiger partial charge >= 0.3 is 0 Å². The van der Waals surface area contributed by atoms with E-state index in [4.69, 9.17) is 11.6 Å². The molecule has 4 aromatic carbocycles. The molecule has 144 valence electrons. The van der Waals surface area contributed by atoms with Crippen LogP contribution < -0.4 is 0 Å². The van der Waals surface area contributed by atoms with E-state index in [0.717, 1.165) is 20.1 Å². The van der Waals surface area contributed by atoms with Gasteiger partial charge in [-0.05, 0) is 92.5 Å². The van der Waals surface area contributed by atoms with Crippen LogP contribution in [-0.2, 0) is 5.41 Å². The molecule has 0 unspecified atom stereocenters. The SMILES string of the molecule is O=C(Cl)c1ccc2c(c1)C1(c3ccccc3-2)c2cc(Br)ccc2-c2ccc(Br)cc21. The van der Waals surface area contributed by atoms with E-state index in [0.29, 0.717) is 5.56 Å². The Bertz CT molecular complexity index is 1350. The van der Waals surface area contributed by atoms with Crippen molar-refractivity contribution in [1.29, 1.82) is 0 Å². The predicted octanol–water partition coefficient (Wildman–Crippen LogP) is 7.93. The Kier molecular flexibility index (Phi) is 3.96. The fourth-order valence-electron chi connectivity index (χ4n) is 5.25. The molecule has 2 aliphatic carbocycles. The van der Waals surface area contributed by atoms with Gasteiger partial charge in [0.15, 0.2) is 0 Å².